The van der Waals surface area contributed by atoms with Gasteiger partial charge >= 0.3 is 0 Å². The Hall–Kier alpha value is -4.16. The molecule has 1 fully saturated rings. The SMILES string of the molecule is O=C(CSc1nnc(-c2ccco2)n1Cc1ccccc1)NCCN1C(=O)S/C(=C/c2ccccc2F)C1=O. The van der Waals surface area contributed by atoms with Crippen molar-refractivity contribution in [3.05, 3.63) is 94.8 Å². The predicted molar refractivity (Wildman–Crippen MR) is 146 cm³/mol. The first kappa shape index (κ1) is 26.4. The minimum Gasteiger partial charge on any atom is -0.461 e. The van der Waals surface area contributed by atoms with Crippen LogP contribution in [0.1, 0.15) is 11.1 Å². The fraction of sp³-hybridized carbons (Fsp3) is 0.148. The van der Waals surface area contributed by atoms with Crippen molar-refractivity contribution < 1.29 is 23.2 Å². The highest BCUT2D eigenvalue weighted by molar-refractivity contribution is 8.18. The molecule has 39 heavy (non-hydrogen) atoms. The van der Waals surface area contributed by atoms with Crippen LogP contribution in [-0.2, 0) is 16.1 Å². The van der Waals surface area contributed by atoms with Gasteiger partial charge in [0.2, 0.25) is 11.7 Å². The molecule has 3 heterocycles. The summed E-state index contributed by atoms with van der Waals surface area (Å²) in [4.78, 5) is 38.7. The Morgan fingerprint density at radius 2 is 1.85 bits per heavy atom. The molecular formula is C27H22FN5O4S2. The average molecular weight is 564 g/mol. The minimum atomic E-state index is -0.517. The number of nitrogens with zero attached hydrogens (tertiary/aromatic N) is 4. The number of imide groups is 1. The van der Waals surface area contributed by atoms with E-state index in [0.29, 0.717) is 23.3 Å². The number of carbonyl (C=O) groups is 3. The van der Waals surface area contributed by atoms with E-state index in [1.165, 1.54) is 30.0 Å². The van der Waals surface area contributed by atoms with Crippen molar-refractivity contribution in [1.82, 2.24) is 25.0 Å². The number of carbonyl (C=O) groups excluding carboxylic acids is 3. The van der Waals surface area contributed by atoms with Gasteiger partial charge in [0.15, 0.2) is 10.9 Å². The third kappa shape index (κ3) is 6.29. The van der Waals surface area contributed by atoms with Crippen molar-refractivity contribution in [2.75, 3.05) is 18.8 Å². The quantitative estimate of drug-likeness (QED) is 0.219. The fourth-order valence-electron chi connectivity index (χ4n) is 3.81. The van der Waals surface area contributed by atoms with Crippen LogP contribution in [0.25, 0.3) is 17.7 Å². The molecule has 2 aromatic heterocycles. The van der Waals surface area contributed by atoms with Crippen LogP contribution >= 0.6 is 23.5 Å². The first-order chi connectivity index (χ1) is 19.0. The van der Waals surface area contributed by atoms with E-state index >= 15 is 0 Å². The Morgan fingerprint density at radius 3 is 2.62 bits per heavy atom. The second-order valence-corrected chi connectivity index (χ2v) is 10.3. The van der Waals surface area contributed by atoms with Gasteiger partial charge in [0.05, 0.1) is 23.5 Å². The van der Waals surface area contributed by atoms with E-state index in [2.05, 4.69) is 15.5 Å². The van der Waals surface area contributed by atoms with Gasteiger partial charge in [-0.15, -0.1) is 10.2 Å². The number of rotatable bonds is 10. The molecule has 1 saturated heterocycles. The third-order valence-electron chi connectivity index (χ3n) is 5.70. The lowest BCUT2D eigenvalue weighted by atomic mass is 10.2. The topological polar surface area (TPSA) is 110 Å². The smallest absolute Gasteiger partial charge is 0.293 e. The summed E-state index contributed by atoms with van der Waals surface area (Å²) in [5.74, 6) is -0.116. The summed E-state index contributed by atoms with van der Waals surface area (Å²) in [6.07, 6.45) is 2.92. The van der Waals surface area contributed by atoms with Crippen LogP contribution in [0.5, 0.6) is 0 Å². The van der Waals surface area contributed by atoms with Crippen LogP contribution in [-0.4, -0.2) is 55.6 Å². The number of aromatic nitrogens is 3. The maximum absolute atomic E-state index is 13.9. The van der Waals surface area contributed by atoms with Crippen molar-refractivity contribution in [3.8, 4) is 11.6 Å². The molecule has 0 unspecified atom stereocenters. The molecular weight excluding hydrogens is 541 g/mol. The van der Waals surface area contributed by atoms with Gasteiger partial charge in [-0.25, -0.2) is 4.39 Å². The van der Waals surface area contributed by atoms with Crippen LogP contribution in [0.2, 0.25) is 0 Å². The molecule has 0 spiro atoms. The van der Waals surface area contributed by atoms with Crippen molar-refractivity contribution in [1.29, 1.82) is 0 Å². The van der Waals surface area contributed by atoms with Crippen LogP contribution in [0.15, 0.2) is 87.5 Å². The van der Waals surface area contributed by atoms with Gasteiger partial charge < -0.3 is 9.73 Å². The highest BCUT2D eigenvalue weighted by atomic mass is 32.2. The van der Waals surface area contributed by atoms with Gasteiger partial charge in [0.25, 0.3) is 11.1 Å². The third-order valence-corrected chi connectivity index (χ3v) is 7.57. The monoisotopic (exact) mass is 563 g/mol. The van der Waals surface area contributed by atoms with Crippen molar-refractivity contribution in [2.45, 2.75) is 11.7 Å². The van der Waals surface area contributed by atoms with E-state index in [4.69, 9.17) is 4.42 Å². The molecule has 0 bridgehead atoms. The van der Waals surface area contributed by atoms with E-state index in [-0.39, 0.29) is 35.2 Å². The lowest BCUT2D eigenvalue weighted by molar-refractivity contribution is -0.123. The number of hydrogen-bond donors (Lipinski definition) is 1. The molecule has 5 rings (SSSR count). The number of amides is 3. The molecule has 0 aliphatic carbocycles. The zero-order valence-electron chi connectivity index (χ0n) is 20.5. The molecule has 4 aromatic rings. The Kier molecular flexibility index (Phi) is 8.23. The van der Waals surface area contributed by atoms with Crippen LogP contribution in [0.3, 0.4) is 0 Å². The van der Waals surface area contributed by atoms with E-state index in [1.54, 1.807) is 30.5 Å². The van der Waals surface area contributed by atoms with Gasteiger partial charge in [-0.2, -0.15) is 0 Å². The Bertz CT molecular complexity index is 1520. The van der Waals surface area contributed by atoms with Gasteiger partial charge in [-0.05, 0) is 41.6 Å². The summed E-state index contributed by atoms with van der Waals surface area (Å²) in [7, 11) is 0. The molecule has 0 radical (unpaired) electrons. The molecule has 198 valence electrons. The summed E-state index contributed by atoms with van der Waals surface area (Å²) < 4.78 is 21.3. The molecule has 1 N–H and O–H groups in total. The molecule has 2 aromatic carbocycles. The van der Waals surface area contributed by atoms with Gasteiger partial charge in [-0.1, -0.05) is 60.3 Å². The molecule has 9 nitrogen and oxygen atoms in total. The van der Waals surface area contributed by atoms with Crippen LogP contribution in [0, 0.1) is 5.82 Å². The maximum Gasteiger partial charge on any atom is 0.293 e. The zero-order chi connectivity index (χ0) is 27.2. The number of benzene rings is 2. The first-order valence-corrected chi connectivity index (χ1v) is 13.7. The lowest BCUT2D eigenvalue weighted by Crippen LogP contribution is -2.37. The van der Waals surface area contributed by atoms with E-state index < -0.39 is 17.0 Å². The number of thioether (sulfide) groups is 2. The Balaban J connectivity index is 1.17. The summed E-state index contributed by atoms with van der Waals surface area (Å²) in [6, 6.07) is 19.4. The first-order valence-electron chi connectivity index (χ1n) is 11.9. The molecule has 3 amide bonds. The predicted octanol–water partition coefficient (Wildman–Crippen LogP) is 4.67. The number of nitrogens with one attached hydrogen (secondary N) is 1. The summed E-state index contributed by atoms with van der Waals surface area (Å²) in [5.41, 5.74) is 1.27. The standard InChI is InChI=1S/C27H22FN5O4S2/c28-20-10-5-4-9-19(20)15-22-25(35)32(27(36)39-22)13-12-29-23(34)17-38-26-31-30-24(21-11-6-14-37-21)33(26)16-18-7-2-1-3-8-18/h1-11,14-15H,12-13,16-17H2,(H,29,34)/b22-15+. The van der Waals surface area contributed by atoms with Crippen molar-refractivity contribution in [3.63, 3.8) is 0 Å². The highest BCUT2D eigenvalue weighted by Crippen LogP contribution is 2.32. The molecule has 12 heteroatoms. The Morgan fingerprint density at radius 1 is 1.05 bits per heavy atom. The van der Waals surface area contributed by atoms with E-state index in [1.807, 2.05) is 34.9 Å². The van der Waals surface area contributed by atoms with Crippen LogP contribution in [0.4, 0.5) is 9.18 Å². The van der Waals surface area contributed by atoms with E-state index in [0.717, 1.165) is 22.2 Å². The normalized spacial score (nSPS) is 14.4. The average Bonchev–Trinajstić information content (AvgIpc) is 3.66. The zero-order valence-corrected chi connectivity index (χ0v) is 22.1. The second kappa shape index (κ2) is 12.1. The molecule has 0 saturated carbocycles. The molecule has 1 aliphatic rings. The minimum absolute atomic E-state index is 0.00250. The Labute approximate surface area is 231 Å². The van der Waals surface area contributed by atoms with Gasteiger partial charge in [-0.3, -0.25) is 23.9 Å². The van der Waals surface area contributed by atoms with E-state index in [9.17, 15) is 18.8 Å². The second-order valence-electron chi connectivity index (χ2n) is 8.35. The molecule has 0 atom stereocenters. The summed E-state index contributed by atoms with van der Waals surface area (Å²) in [5, 5.41) is 11.3. The largest absolute Gasteiger partial charge is 0.461 e. The van der Waals surface area contributed by atoms with Crippen molar-refractivity contribution >= 4 is 46.7 Å². The van der Waals surface area contributed by atoms with Gasteiger partial charge in [0.1, 0.15) is 5.82 Å². The highest BCUT2D eigenvalue weighted by Gasteiger charge is 2.34. The number of hydrogen-bond acceptors (Lipinski definition) is 8. The van der Waals surface area contributed by atoms with Crippen LogP contribution < -0.4 is 5.32 Å². The summed E-state index contributed by atoms with van der Waals surface area (Å²) >= 11 is 1.96. The molecule has 1 aliphatic heterocycles. The summed E-state index contributed by atoms with van der Waals surface area (Å²) in [6.45, 7) is 0.578. The van der Waals surface area contributed by atoms with Gasteiger partial charge in [0, 0.05) is 18.7 Å². The maximum atomic E-state index is 13.9. The lowest BCUT2D eigenvalue weighted by Gasteiger charge is -2.13. The number of halogens is 1. The fourth-order valence-corrected chi connectivity index (χ4v) is 5.43. The van der Waals surface area contributed by atoms with Crippen molar-refractivity contribution in [2.24, 2.45) is 0 Å². The number of furan rings is 1.